The summed E-state index contributed by atoms with van der Waals surface area (Å²) in [7, 11) is 0. The lowest BCUT2D eigenvalue weighted by atomic mass is 9.69. The second-order valence-electron chi connectivity index (χ2n) is 5.22. The number of ether oxygens (including phenoxy) is 1. The van der Waals surface area contributed by atoms with Gasteiger partial charge in [-0.2, -0.15) is 0 Å². The third-order valence-electron chi connectivity index (χ3n) is 4.31. The first-order valence-corrected chi connectivity index (χ1v) is 7.10. The summed E-state index contributed by atoms with van der Waals surface area (Å²) in [4.78, 5) is 0. The third kappa shape index (κ3) is 1.98. The smallest absolute Gasteiger partial charge is 0.0710 e. The molecule has 2 aromatic rings. The van der Waals surface area contributed by atoms with E-state index in [1.54, 1.807) is 0 Å². The Balaban J connectivity index is 2.17. The molecule has 0 bridgehead atoms. The molecule has 0 spiro atoms. The maximum Gasteiger partial charge on any atom is 0.0710 e. The fourth-order valence-electron chi connectivity index (χ4n) is 3.43. The van der Waals surface area contributed by atoms with Crippen molar-refractivity contribution in [3.8, 4) is 0 Å². The molecule has 98 valence electrons. The first-order valence-electron chi connectivity index (χ1n) is 7.10. The summed E-state index contributed by atoms with van der Waals surface area (Å²) < 4.78 is 6.03. The van der Waals surface area contributed by atoms with Crippen LogP contribution < -0.4 is 0 Å². The van der Waals surface area contributed by atoms with E-state index in [-0.39, 0.29) is 11.5 Å². The summed E-state index contributed by atoms with van der Waals surface area (Å²) in [6.45, 7) is 3.07. The molecular weight excluding hydrogens is 232 g/mol. The molecule has 1 heterocycles. The van der Waals surface area contributed by atoms with E-state index >= 15 is 0 Å². The summed E-state index contributed by atoms with van der Waals surface area (Å²) in [6.07, 6.45) is 2.39. The molecular formula is C18H20O. The van der Waals surface area contributed by atoms with E-state index in [0.717, 1.165) is 19.4 Å². The van der Waals surface area contributed by atoms with Crippen molar-refractivity contribution in [3.63, 3.8) is 0 Å². The van der Waals surface area contributed by atoms with Gasteiger partial charge in [0, 0.05) is 12.0 Å². The van der Waals surface area contributed by atoms with Crippen LogP contribution in [0.15, 0.2) is 60.7 Å². The quantitative estimate of drug-likeness (QED) is 0.796. The monoisotopic (exact) mass is 252 g/mol. The van der Waals surface area contributed by atoms with Gasteiger partial charge in [-0.05, 0) is 24.0 Å². The maximum absolute atomic E-state index is 6.03. The third-order valence-corrected chi connectivity index (χ3v) is 4.31. The largest absolute Gasteiger partial charge is 0.377 e. The van der Waals surface area contributed by atoms with Crippen LogP contribution in [0.3, 0.4) is 0 Å². The molecule has 1 atom stereocenters. The molecule has 1 aliphatic heterocycles. The lowest BCUT2D eigenvalue weighted by molar-refractivity contribution is 0.0850. The van der Waals surface area contributed by atoms with Gasteiger partial charge in [0.1, 0.15) is 0 Å². The van der Waals surface area contributed by atoms with Gasteiger partial charge in [-0.1, -0.05) is 67.6 Å². The molecule has 19 heavy (non-hydrogen) atoms. The van der Waals surface area contributed by atoms with Crippen molar-refractivity contribution in [2.45, 2.75) is 31.3 Å². The molecule has 1 nitrogen and oxygen atoms in total. The predicted molar refractivity (Wildman–Crippen MR) is 78.3 cm³/mol. The van der Waals surface area contributed by atoms with Gasteiger partial charge in [0.25, 0.3) is 0 Å². The average Bonchev–Trinajstić information content (AvgIpc) is 2.94. The topological polar surface area (TPSA) is 9.23 Å². The molecule has 0 saturated carbocycles. The van der Waals surface area contributed by atoms with E-state index < -0.39 is 0 Å². The SMILES string of the molecule is CC[C@@H]1OCCC1(c1ccccc1)c1ccccc1. The van der Waals surface area contributed by atoms with Gasteiger partial charge in [0.2, 0.25) is 0 Å². The summed E-state index contributed by atoms with van der Waals surface area (Å²) >= 11 is 0. The zero-order valence-electron chi connectivity index (χ0n) is 11.4. The lowest BCUT2D eigenvalue weighted by Crippen LogP contribution is -2.36. The van der Waals surface area contributed by atoms with E-state index in [0.29, 0.717) is 0 Å². The molecule has 1 aliphatic rings. The first-order chi connectivity index (χ1) is 9.38. The minimum absolute atomic E-state index is 0.0251. The number of benzene rings is 2. The number of rotatable bonds is 3. The van der Waals surface area contributed by atoms with E-state index in [1.165, 1.54) is 11.1 Å². The van der Waals surface area contributed by atoms with Crippen LogP contribution in [0.2, 0.25) is 0 Å². The van der Waals surface area contributed by atoms with Gasteiger partial charge in [-0.25, -0.2) is 0 Å². The molecule has 2 aromatic carbocycles. The van der Waals surface area contributed by atoms with Gasteiger partial charge in [-0.15, -0.1) is 0 Å². The fourth-order valence-corrected chi connectivity index (χ4v) is 3.43. The van der Waals surface area contributed by atoms with Gasteiger partial charge in [0.15, 0.2) is 0 Å². The average molecular weight is 252 g/mol. The van der Waals surface area contributed by atoms with Crippen molar-refractivity contribution in [2.75, 3.05) is 6.61 Å². The van der Waals surface area contributed by atoms with Crippen LogP contribution in [-0.2, 0) is 10.2 Å². The minimum Gasteiger partial charge on any atom is -0.377 e. The Labute approximate surface area is 115 Å². The fraction of sp³-hybridized carbons (Fsp3) is 0.333. The number of hydrogen-bond acceptors (Lipinski definition) is 1. The summed E-state index contributed by atoms with van der Waals surface area (Å²) in [5.41, 5.74) is 2.79. The zero-order valence-corrected chi connectivity index (χ0v) is 11.4. The Hall–Kier alpha value is -1.60. The van der Waals surface area contributed by atoms with E-state index in [4.69, 9.17) is 4.74 Å². The van der Waals surface area contributed by atoms with Crippen LogP contribution >= 0.6 is 0 Å². The van der Waals surface area contributed by atoms with Crippen LogP contribution in [-0.4, -0.2) is 12.7 Å². The minimum atomic E-state index is 0.0251. The molecule has 0 aromatic heterocycles. The molecule has 0 radical (unpaired) electrons. The molecule has 1 saturated heterocycles. The molecule has 3 rings (SSSR count). The van der Waals surface area contributed by atoms with Gasteiger partial charge in [0.05, 0.1) is 6.10 Å². The van der Waals surface area contributed by atoms with Gasteiger partial charge >= 0.3 is 0 Å². The van der Waals surface area contributed by atoms with Crippen LogP contribution in [0, 0.1) is 0 Å². The van der Waals surface area contributed by atoms with Crippen LogP contribution in [0.1, 0.15) is 30.9 Å². The van der Waals surface area contributed by atoms with Crippen LogP contribution in [0.5, 0.6) is 0 Å². The van der Waals surface area contributed by atoms with Crippen molar-refractivity contribution in [3.05, 3.63) is 71.8 Å². The van der Waals surface area contributed by atoms with Gasteiger partial charge in [-0.3, -0.25) is 0 Å². The Morgan fingerprint density at radius 3 is 1.95 bits per heavy atom. The van der Waals surface area contributed by atoms with Crippen LogP contribution in [0.4, 0.5) is 0 Å². The van der Waals surface area contributed by atoms with E-state index in [1.807, 2.05) is 0 Å². The maximum atomic E-state index is 6.03. The normalized spacial score (nSPS) is 21.4. The Kier molecular flexibility index (Phi) is 3.39. The first kappa shape index (κ1) is 12.4. The standard InChI is InChI=1S/C18H20O/c1-2-17-18(13-14-19-17,15-9-5-3-6-10-15)16-11-7-4-8-12-16/h3-12,17H,2,13-14H2,1H3/t17-/m0/s1. The second-order valence-corrected chi connectivity index (χ2v) is 5.22. The number of hydrogen-bond donors (Lipinski definition) is 0. The van der Waals surface area contributed by atoms with Crippen molar-refractivity contribution >= 4 is 0 Å². The van der Waals surface area contributed by atoms with Crippen molar-refractivity contribution in [2.24, 2.45) is 0 Å². The highest BCUT2D eigenvalue weighted by Gasteiger charge is 2.45. The molecule has 1 heteroatoms. The summed E-state index contributed by atoms with van der Waals surface area (Å²) in [5, 5.41) is 0. The highest BCUT2D eigenvalue weighted by molar-refractivity contribution is 5.42. The Morgan fingerprint density at radius 1 is 0.947 bits per heavy atom. The highest BCUT2D eigenvalue weighted by Crippen LogP contribution is 2.45. The Bertz CT molecular complexity index is 478. The van der Waals surface area contributed by atoms with Crippen molar-refractivity contribution in [1.29, 1.82) is 0 Å². The predicted octanol–water partition coefficient (Wildman–Crippen LogP) is 4.17. The lowest BCUT2D eigenvalue weighted by Gasteiger charge is -2.35. The summed E-state index contributed by atoms with van der Waals surface area (Å²) in [5.74, 6) is 0. The summed E-state index contributed by atoms with van der Waals surface area (Å²) in [6, 6.07) is 21.6. The van der Waals surface area contributed by atoms with Crippen LogP contribution in [0.25, 0.3) is 0 Å². The molecule has 1 fully saturated rings. The zero-order chi connectivity index (χ0) is 13.1. The molecule has 0 aliphatic carbocycles. The van der Waals surface area contributed by atoms with Gasteiger partial charge < -0.3 is 4.74 Å². The molecule has 0 unspecified atom stereocenters. The Morgan fingerprint density at radius 2 is 1.47 bits per heavy atom. The highest BCUT2D eigenvalue weighted by atomic mass is 16.5. The second kappa shape index (κ2) is 5.18. The molecule has 0 amide bonds. The van der Waals surface area contributed by atoms with Crippen molar-refractivity contribution < 1.29 is 4.74 Å². The van der Waals surface area contributed by atoms with E-state index in [2.05, 4.69) is 67.6 Å². The molecule has 0 N–H and O–H groups in total. The van der Waals surface area contributed by atoms with E-state index in [9.17, 15) is 0 Å². The van der Waals surface area contributed by atoms with Crippen molar-refractivity contribution in [1.82, 2.24) is 0 Å².